The summed E-state index contributed by atoms with van der Waals surface area (Å²) in [4.78, 5) is 0.346. The lowest BCUT2D eigenvalue weighted by Gasteiger charge is -2.30. The van der Waals surface area contributed by atoms with Crippen molar-refractivity contribution in [2.45, 2.75) is 49.8 Å². The van der Waals surface area contributed by atoms with Crippen molar-refractivity contribution in [3.63, 3.8) is 0 Å². The molecule has 0 radical (unpaired) electrons. The van der Waals surface area contributed by atoms with E-state index in [1.165, 1.54) is 0 Å². The van der Waals surface area contributed by atoms with Gasteiger partial charge in [-0.05, 0) is 38.8 Å². The molecule has 2 aliphatic rings. The fourth-order valence-corrected chi connectivity index (χ4v) is 5.06. The summed E-state index contributed by atoms with van der Waals surface area (Å²) in [5.74, 6) is 0. The summed E-state index contributed by atoms with van der Waals surface area (Å²) in [6.45, 7) is 5.27. The Labute approximate surface area is 132 Å². The molecule has 1 aromatic carbocycles. The van der Waals surface area contributed by atoms with Crippen molar-refractivity contribution in [3.8, 4) is 0 Å². The molecule has 1 saturated heterocycles. The Balaban J connectivity index is 1.93. The number of ether oxygens (including phenoxy) is 2. The van der Waals surface area contributed by atoms with Crippen molar-refractivity contribution in [1.29, 1.82) is 0 Å². The van der Waals surface area contributed by atoms with Gasteiger partial charge in [-0.3, -0.25) is 0 Å². The first kappa shape index (κ1) is 15.9. The number of nitrogens with zero attached hydrogens (tertiary/aromatic N) is 1. The third kappa shape index (κ3) is 2.80. The maximum Gasteiger partial charge on any atom is 0.243 e. The second-order valence-electron chi connectivity index (χ2n) is 5.90. The van der Waals surface area contributed by atoms with Gasteiger partial charge < -0.3 is 9.47 Å². The minimum atomic E-state index is -3.51. The molecule has 2 bridgehead atoms. The highest BCUT2D eigenvalue weighted by Crippen LogP contribution is 2.35. The molecule has 0 aromatic heterocycles. The number of aryl methyl sites for hydroxylation is 1. The standard InChI is InChI=1S/C16H23NO4S/c1-3-20-16-14-8-9-15(16)21-11-10-17(14)22(18,19)13-6-4-12(2)5-7-13/h4-7,14-16H,3,8-11H2,1-2H3/t14-,15-,16-/m1/s1. The lowest BCUT2D eigenvalue weighted by molar-refractivity contribution is -0.0470. The fraction of sp³-hybridized carbons (Fsp3) is 0.625. The summed E-state index contributed by atoms with van der Waals surface area (Å²) in [5.41, 5.74) is 1.05. The average Bonchev–Trinajstić information content (AvgIpc) is 2.75. The van der Waals surface area contributed by atoms with E-state index in [0.29, 0.717) is 24.7 Å². The molecule has 6 heteroatoms. The van der Waals surface area contributed by atoms with Crippen molar-refractivity contribution in [2.24, 2.45) is 0 Å². The van der Waals surface area contributed by atoms with Crippen molar-refractivity contribution >= 4 is 10.0 Å². The molecule has 2 fully saturated rings. The van der Waals surface area contributed by atoms with Gasteiger partial charge in [0.05, 0.1) is 23.6 Å². The van der Waals surface area contributed by atoms with Crippen molar-refractivity contribution in [3.05, 3.63) is 29.8 Å². The highest BCUT2D eigenvalue weighted by Gasteiger charge is 2.47. The van der Waals surface area contributed by atoms with Crippen molar-refractivity contribution in [1.82, 2.24) is 4.31 Å². The van der Waals surface area contributed by atoms with Crippen LogP contribution in [0, 0.1) is 6.92 Å². The van der Waals surface area contributed by atoms with E-state index in [1.54, 1.807) is 16.4 Å². The van der Waals surface area contributed by atoms with E-state index in [-0.39, 0.29) is 18.2 Å². The van der Waals surface area contributed by atoms with Crippen molar-refractivity contribution < 1.29 is 17.9 Å². The first-order valence-electron chi connectivity index (χ1n) is 7.85. The Morgan fingerprint density at radius 2 is 2.00 bits per heavy atom. The summed E-state index contributed by atoms with van der Waals surface area (Å²) < 4.78 is 39.2. The van der Waals surface area contributed by atoms with Gasteiger partial charge in [0.2, 0.25) is 10.0 Å². The monoisotopic (exact) mass is 325 g/mol. The zero-order chi connectivity index (χ0) is 15.7. The largest absolute Gasteiger partial charge is 0.374 e. The van der Waals surface area contributed by atoms with E-state index in [4.69, 9.17) is 9.47 Å². The van der Waals surface area contributed by atoms with Gasteiger partial charge in [-0.25, -0.2) is 8.42 Å². The number of sulfonamides is 1. The maximum atomic E-state index is 13.0. The summed E-state index contributed by atoms with van der Waals surface area (Å²) in [6.07, 6.45) is 1.51. The lowest BCUT2D eigenvalue weighted by Crippen LogP contribution is -2.46. The topological polar surface area (TPSA) is 55.8 Å². The molecule has 1 aromatic rings. The smallest absolute Gasteiger partial charge is 0.243 e. The number of hydrogen-bond donors (Lipinski definition) is 0. The van der Waals surface area contributed by atoms with E-state index < -0.39 is 10.0 Å². The fourth-order valence-electron chi connectivity index (χ4n) is 3.41. The molecule has 1 aliphatic carbocycles. The Morgan fingerprint density at radius 3 is 2.68 bits per heavy atom. The quantitative estimate of drug-likeness (QED) is 0.849. The normalized spacial score (nSPS) is 29.5. The zero-order valence-electron chi connectivity index (χ0n) is 13.1. The number of hydrogen-bond acceptors (Lipinski definition) is 4. The molecule has 0 spiro atoms. The second kappa shape index (κ2) is 6.28. The van der Waals surface area contributed by atoms with Gasteiger partial charge in [0, 0.05) is 13.2 Å². The van der Waals surface area contributed by atoms with Crippen LogP contribution in [0.4, 0.5) is 0 Å². The third-order valence-corrected chi connectivity index (χ3v) is 6.43. The number of benzene rings is 1. The molecule has 3 atom stereocenters. The second-order valence-corrected chi connectivity index (χ2v) is 7.79. The molecule has 1 heterocycles. The predicted octanol–water partition coefficient (Wildman–Crippen LogP) is 1.95. The van der Waals surface area contributed by atoms with E-state index in [0.717, 1.165) is 18.4 Å². The van der Waals surface area contributed by atoms with Gasteiger partial charge in [-0.1, -0.05) is 17.7 Å². The molecular weight excluding hydrogens is 302 g/mol. The first-order chi connectivity index (χ1) is 10.5. The minimum Gasteiger partial charge on any atom is -0.374 e. The van der Waals surface area contributed by atoms with Gasteiger partial charge in [-0.2, -0.15) is 4.31 Å². The molecule has 22 heavy (non-hydrogen) atoms. The molecule has 1 saturated carbocycles. The molecule has 1 aliphatic heterocycles. The molecular formula is C16H23NO4S. The van der Waals surface area contributed by atoms with Gasteiger partial charge in [-0.15, -0.1) is 0 Å². The van der Waals surface area contributed by atoms with Gasteiger partial charge in [0.15, 0.2) is 0 Å². The maximum absolute atomic E-state index is 13.0. The molecule has 0 amide bonds. The number of fused-ring (bicyclic) bond motifs is 2. The summed E-state index contributed by atoms with van der Waals surface area (Å²) in [6, 6.07) is 6.90. The molecule has 3 rings (SSSR count). The summed E-state index contributed by atoms with van der Waals surface area (Å²) in [7, 11) is -3.51. The van der Waals surface area contributed by atoms with Crippen LogP contribution in [-0.4, -0.2) is 50.7 Å². The average molecular weight is 325 g/mol. The van der Waals surface area contributed by atoms with Crippen LogP contribution in [0.3, 0.4) is 0 Å². The van der Waals surface area contributed by atoms with E-state index in [1.807, 2.05) is 26.0 Å². The van der Waals surface area contributed by atoms with Gasteiger partial charge >= 0.3 is 0 Å². The van der Waals surface area contributed by atoms with Crippen molar-refractivity contribution in [2.75, 3.05) is 19.8 Å². The molecule has 122 valence electrons. The Bertz CT molecular complexity index is 614. The van der Waals surface area contributed by atoms with Crippen LogP contribution in [0.5, 0.6) is 0 Å². The highest BCUT2D eigenvalue weighted by atomic mass is 32.2. The third-order valence-electron chi connectivity index (χ3n) is 4.49. The molecule has 5 nitrogen and oxygen atoms in total. The Kier molecular flexibility index (Phi) is 4.54. The van der Waals surface area contributed by atoms with Crippen LogP contribution < -0.4 is 0 Å². The van der Waals surface area contributed by atoms with Gasteiger partial charge in [0.25, 0.3) is 0 Å². The van der Waals surface area contributed by atoms with E-state index in [9.17, 15) is 8.42 Å². The Hall–Kier alpha value is -0.950. The SMILES string of the molecule is CCO[C@@H]1[C@H]2CC[C@H]1OCCN2S(=O)(=O)c1ccc(C)cc1. The molecule has 0 N–H and O–H groups in total. The Morgan fingerprint density at radius 1 is 1.27 bits per heavy atom. The van der Waals surface area contributed by atoms with Gasteiger partial charge in [0.1, 0.15) is 6.10 Å². The van der Waals surface area contributed by atoms with Crippen LogP contribution >= 0.6 is 0 Å². The van der Waals surface area contributed by atoms with E-state index >= 15 is 0 Å². The van der Waals surface area contributed by atoms with Crippen LogP contribution in [0.1, 0.15) is 25.3 Å². The summed E-state index contributed by atoms with van der Waals surface area (Å²) in [5, 5.41) is 0. The lowest BCUT2D eigenvalue weighted by atomic mass is 10.2. The first-order valence-corrected chi connectivity index (χ1v) is 9.29. The van der Waals surface area contributed by atoms with Crippen LogP contribution in [-0.2, 0) is 19.5 Å². The highest BCUT2D eigenvalue weighted by molar-refractivity contribution is 7.89. The van der Waals surface area contributed by atoms with Crippen LogP contribution in [0.15, 0.2) is 29.2 Å². The summed E-state index contributed by atoms with van der Waals surface area (Å²) >= 11 is 0. The van der Waals surface area contributed by atoms with Crippen LogP contribution in [0.25, 0.3) is 0 Å². The zero-order valence-corrected chi connectivity index (χ0v) is 13.9. The molecule has 0 unspecified atom stereocenters. The predicted molar refractivity (Wildman–Crippen MR) is 83.2 cm³/mol. The van der Waals surface area contributed by atoms with Crippen LogP contribution in [0.2, 0.25) is 0 Å². The van der Waals surface area contributed by atoms with E-state index in [2.05, 4.69) is 0 Å². The number of rotatable bonds is 4. The minimum absolute atomic E-state index is 0.0168.